The number of rotatable bonds is 4. The van der Waals surface area contributed by atoms with E-state index in [4.69, 9.17) is 5.14 Å². The minimum atomic E-state index is -3.49. The van der Waals surface area contributed by atoms with Crippen LogP contribution in [-0.2, 0) is 19.6 Å². The SMILES string of the molecule is NS(=O)(=O)CCCN=C1NC(=O)C(=O)N1. The highest BCUT2D eigenvalue weighted by molar-refractivity contribution is 7.89. The van der Waals surface area contributed by atoms with Gasteiger partial charge in [-0.05, 0) is 6.42 Å². The fourth-order valence-electron chi connectivity index (χ4n) is 0.896. The first kappa shape index (κ1) is 11.6. The Kier molecular flexibility index (Phi) is 3.37. The fourth-order valence-corrected chi connectivity index (χ4v) is 1.43. The summed E-state index contributed by atoms with van der Waals surface area (Å²) in [6, 6.07) is 0. The Morgan fingerprint density at radius 3 is 2.20 bits per heavy atom. The number of nitrogens with two attached hydrogens (primary N) is 1. The molecule has 9 heteroatoms. The summed E-state index contributed by atoms with van der Waals surface area (Å²) in [6.45, 7) is 0.159. The lowest BCUT2D eigenvalue weighted by molar-refractivity contribution is -0.135. The van der Waals surface area contributed by atoms with Crippen LogP contribution in [0.4, 0.5) is 0 Å². The summed E-state index contributed by atoms with van der Waals surface area (Å²) < 4.78 is 21.0. The van der Waals surface area contributed by atoms with Gasteiger partial charge < -0.3 is 0 Å². The highest BCUT2D eigenvalue weighted by atomic mass is 32.2. The van der Waals surface area contributed by atoms with E-state index in [1.54, 1.807) is 0 Å². The van der Waals surface area contributed by atoms with Crippen LogP contribution in [0.15, 0.2) is 4.99 Å². The second-order valence-corrected chi connectivity index (χ2v) is 4.59. The number of nitrogens with zero attached hydrogens (tertiary/aromatic N) is 1. The minimum Gasteiger partial charge on any atom is -0.288 e. The van der Waals surface area contributed by atoms with Crippen molar-refractivity contribution in [1.82, 2.24) is 10.6 Å². The summed E-state index contributed by atoms with van der Waals surface area (Å²) in [4.78, 5) is 25.1. The highest BCUT2D eigenvalue weighted by Gasteiger charge is 2.24. The predicted octanol–water partition coefficient (Wildman–Crippen LogP) is -2.73. The molecule has 2 amide bonds. The van der Waals surface area contributed by atoms with Crippen LogP contribution in [0, 0.1) is 0 Å². The van der Waals surface area contributed by atoms with E-state index in [1.807, 2.05) is 0 Å². The maximum Gasteiger partial charge on any atom is 0.316 e. The summed E-state index contributed by atoms with van der Waals surface area (Å²) in [5.74, 6) is -1.70. The molecule has 0 radical (unpaired) electrons. The van der Waals surface area contributed by atoms with Crippen LogP contribution >= 0.6 is 0 Å². The molecule has 0 aromatic heterocycles. The second kappa shape index (κ2) is 4.36. The van der Waals surface area contributed by atoms with Crippen LogP contribution in [0.25, 0.3) is 0 Å². The normalized spacial score (nSPS) is 16.2. The number of hydrogen-bond donors (Lipinski definition) is 3. The van der Waals surface area contributed by atoms with Gasteiger partial charge in [-0.25, -0.2) is 13.6 Å². The van der Waals surface area contributed by atoms with Crippen molar-refractivity contribution in [2.24, 2.45) is 10.1 Å². The van der Waals surface area contributed by atoms with Crippen LogP contribution in [0.3, 0.4) is 0 Å². The van der Waals surface area contributed by atoms with Gasteiger partial charge in [0, 0.05) is 6.54 Å². The van der Waals surface area contributed by atoms with Crippen molar-refractivity contribution in [2.45, 2.75) is 6.42 Å². The Morgan fingerprint density at radius 1 is 1.20 bits per heavy atom. The number of sulfonamides is 1. The molecular formula is C6H10N4O4S. The van der Waals surface area contributed by atoms with Crippen LogP contribution in [-0.4, -0.2) is 38.5 Å². The summed E-state index contributed by atoms with van der Waals surface area (Å²) in [5.41, 5.74) is 0. The number of carbonyl (C=O) groups excluding carboxylic acids is 2. The molecule has 1 heterocycles. The number of guanidine groups is 1. The van der Waals surface area contributed by atoms with E-state index in [1.165, 1.54) is 0 Å². The van der Waals surface area contributed by atoms with Crippen LogP contribution in [0.1, 0.15) is 6.42 Å². The Bertz CT molecular complexity index is 395. The van der Waals surface area contributed by atoms with E-state index in [9.17, 15) is 18.0 Å². The van der Waals surface area contributed by atoms with Crippen molar-refractivity contribution in [3.8, 4) is 0 Å². The van der Waals surface area contributed by atoms with E-state index in [0.29, 0.717) is 0 Å². The first-order valence-corrected chi connectivity index (χ1v) is 5.77. The van der Waals surface area contributed by atoms with Crippen LogP contribution in [0.2, 0.25) is 0 Å². The molecule has 0 spiro atoms. The summed E-state index contributed by atoms with van der Waals surface area (Å²) in [5, 5.41) is 9.10. The van der Waals surface area contributed by atoms with Gasteiger partial charge in [-0.2, -0.15) is 0 Å². The van der Waals surface area contributed by atoms with Gasteiger partial charge in [0.1, 0.15) is 0 Å². The second-order valence-electron chi connectivity index (χ2n) is 2.86. The lowest BCUT2D eigenvalue weighted by atomic mass is 10.5. The molecule has 0 unspecified atom stereocenters. The molecule has 84 valence electrons. The molecule has 0 aromatic carbocycles. The molecule has 1 rings (SSSR count). The topological polar surface area (TPSA) is 131 Å². The molecule has 15 heavy (non-hydrogen) atoms. The number of amides is 2. The van der Waals surface area contributed by atoms with E-state index in [-0.39, 0.29) is 24.7 Å². The summed E-state index contributed by atoms with van der Waals surface area (Å²) in [6.07, 6.45) is 0.230. The van der Waals surface area contributed by atoms with Crippen LogP contribution < -0.4 is 15.8 Å². The molecule has 0 atom stereocenters. The largest absolute Gasteiger partial charge is 0.316 e. The van der Waals surface area contributed by atoms with Gasteiger partial charge in [0.25, 0.3) is 0 Å². The number of nitrogens with one attached hydrogen (secondary N) is 2. The van der Waals surface area contributed by atoms with Gasteiger partial charge in [-0.3, -0.25) is 25.2 Å². The summed E-state index contributed by atoms with van der Waals surface area (Å²) >= 11 is 0. The van der Waals surface area contributed by atoms with E-state index < -0.39 is 21.8 Å². The standard InChI is InChI=1S/C6H10N4O4S/c7-15(13,14)3-1-2-8-6-9-4(11)5(12)10-6/h1-3H2,(H2,7,13,14)(H2,8,9,10,11,12). The van der Waals surface area contributed by atoms with Crippen molar-refractivity contribution in [2.75, 3.05) is 12.3 Å². The van der Waals surface area contributed by atoms with Gasteiger partial charge >= 0.3 is 11.8 Å². The molecular weight excluding hydrogens is 224 g/mol. The van der Waals surface area contributed by atoms with Crippen LogP contribution in [0.5, 0.6) is 0 Å². The highest BCUT2D eigenvalue weighted by Crippen LogP contribution is 1.89. The number of hydrogen-bond acceptors (Lipinski definition) is 5. The van der Waals surface area contributed by atoms with E-state index >= 15 is 0 Å². The third kappa shape index (κ3) is 4.04. The molecule has 1 aliphatic rings. The van der Waals surface area contributed by atoms with Gasteiger partial charge in [0.05, 0.1) is 5.75 Å². The van der Waals surface area contributed by atoms with E-state index in [2.05, 4.69) is 15.6 Å². The average Bonchev–Trinajstić information content (AvgIpc) is 2.39. The number of carbonyl (C=O) groups is 2. The molecule has 1 saturated heterocycles. The molecule has 8 nitrogen and oxygen atoms in total. The van der Waals surface area contributed by atoms with Crippen molar-refractivity contribution in [3.05, 3.63) is 0 Å². The monoisotopic (exact) mass is 234 g/mol. The first-order valence-electron chi connectivity index (χ1n) is 4.06. The maximum atomic E-state index is 10.7. The predicted molar refractivity (Wildman–Crippen MR) is 51.2 cm³/mol. The van der Waals surface area contributed by atoms with Gasteiger partial charge in [0.15, 0.2) is 0 Å². The average molecular weight is 234 g/mol. The number of aliphatic imine (C=N–C) groups is 1. The van der Waals surface area contributed by atoms with Crippen molar-refractivity contribution in [1.29, 1.82) is 0 Å². The molecule has 4 N–H and O–H groups in total. The lowest BCUT2D eigenvalue weighted by Gasteiger charge is -1.97. The Labute approximate surface area is 86.0 Å². The molecule has 0 aromatic rings. The van der Waals surface area contributed by atoms with Crippen molar-refractivity contribution in [3.63, 3.8) is 0 Å². The van der Waals surface area contributed by atoms with Crippen molar-refractivity contribution >= 4 is 27.8 Å². The molecule has 0 aliphatic carbocycles. The summed E-state index contributed by atoms with van der Waals surface area (Å²) in [7, 11) is -3.49. The maximum absolute atomic E-state index is 10.7. The van der Waals surface area contributed by atoms with Gasteiger partial charge in [-0.15, -0.1) is 0 Å². The Balaban J connectivity index is 2.34. The molecule has 1 fully saturated rings. The minimum absolute atomic E-state index is 0.0411. The lowest BCUT2D eigenvalue weighted by Crippen LogP contribution is -2.26. The Morgan fingerprint density at radius 2 is 1.73 bits per heavy atom. The zero-order valence-corrected chi connectivity index (χ0v) is 8.50. The third-order valence-electron chi connectivity index (χ3n) is 1.53. The van der Waals surface area contributed by atoms with E-state index in [0.717, 1.165) is 0 Å². The van der Waals surface area contributed by atoms with Crippen molar-refractivity contribution < 1.29 is 18.0 Å². The van der Waals surface area contributed by atoms with Gasteiger partial charge in [0.2, 0.25) is 16.0 Å². The molecule has 0 bridgehead atoms. The van der Waals surface area contributed by atoms with Gasteiger partial charge in [-0.1, -0.05) is 0 Å². The zero-order valence-electron chi connectivity index (χ0n) is 7.69. The zero-order chi connectivity index (χ0) is 11.5. The number of primary sulfonamides is 1. The molecule has 1 aliphatic heterocycles. The first-order chi connectivity index (χ1) is 6.88. The fraction of sp³-hybridized carbons (Fsp3) is 0.500. The quantitative estimate of drug-likeness (QED) is 0.360. The smallest absolute Gasteiger partial charge is 0.288 e. The molecule has 0 saturated carbocycles. The third-order valence-corrected chi connectivity index (χ3v) is 2.38. The Hall–Kier alpha value is -1.48.